The molecule has 2 aromatic heterocycles. The molecule has 0 saturated carbocycles. The molecule has 0 aliphatic carbocycles. The number of ether oxygens (including phenoxy) is 2. The molecule has 144 valence electrons. The van der Waals surface area contributed by atoms with Crippen molar-refractivity contribution in [1.82, 2.24) is 15.1 Å². The monoisotopic (exact) mass is 382 g/mol. The second-order valence-electron chi connectivity index (χ2n) is 6.04. The number of furan rings is 1. The van der Waals surface area contributed by atoms with Gasteiger partial charge in [0.2, 0.25) is 0 Å². The van der Waals surface area contributed by atoms with Crippen LogP contribution >= 0.6 is 0 Å². The summed E-state index contributed by atoms with van der Waals surface area (Å²) >= 11 is 0. The quantitative estimate of drug-likeness (QED) is 0.649. The van der Waals surface area contributed by atoms with Crippen molar-refractivity contribution >= 4 is 17.5 Å². The zero-order valence-electron chi connectivity index (χ0n) is 14.8. The van der Waals surface area contributed by atoms with Crippen molar-refractivity contribution in [2.45, 2.75) is 6.04 Å². The van der Waals surface area contributed by atoms with Crippen LogP contribution < -0.4 is 20.1 Å². The highest BCUT2D eigenvalue weighted by molar-refractivity contribution is 6.39. The van der Waals surface area contributed by atoms with Gasteiger partial charge in [-0.2, -0.15) is 5.10 Å². The van der Waals surface area contributed by atoms with Gasteiger partial charge in [0.05, 0.1) is 6.26 Å². The van der Waals surface area contributed by atoms with E-state index in [0.29, 0.717) is 36.2 Å². The molecule has 2 N–H and O–H groups in total. The number of carbonyl (C=O) groups excluding carboxylic acids is 2. The minimum absolute atomic E-state index is 0.141. The smallest absolute Gasteiger partial charge is 0.313 e. The topological polar surface area (TPSA) is 108 Å². The summed E-state index contributed by atoms with van der Waals surface area (Å²) in [6.07, 6.45) is 4.93. The van der Waals surface area contributed by atoms with Crippen LogP contribution in [0.1, 0.15) is 11.8 Å². The molecule has 1 aromatic carbocycles. The van der Waals surface area contributed by atoms with Gasteiger partial charge >= 0.3 is 11.8 Å². The van der Waals surface area contributed by atoms with Crippen molar-refractivity contribution < 1.29 is 23.5 Å². The maximum absolute atomic E-state index is 12.2. The average Bonchev–Trinajstić information content (AvgIpc) is 3.42. The molecule has 2 amide bonds. The molecule has 1 aliphatic heterocycles. The van der Waals surface area contributed by atoms with Crippen molar-refractivity contribution in [3.63, 3.8) is 0 Å². The number of nitrogens with one attached hydrogen (secondary N) is 2. The lowest BCUT2D eigenvalue weighted by Gasteiger charge is -2.19. The second-order valence-corrected chi connectivity index (χ2v) is 6.04. The van der Waals surface area contributed by atoms with Gasteiger partial charge in [0.1, 0.15) is 25.0 Å². The van der Waals surface area contributed by atoms with Crippen molar-refractivity contribution in [3.8, 4) is 11.5 Å². The molecule has 4 rings (SSSR count). The fourth-order valence-corrected chi connectivity index (χ4v) is 2.85. The Labute approximate surface area is 160 Å². The van der Waals surface area contributed by atoms with Crippen molar-refractivity contribution in [2.75, 3.05) is 25.1 Å². The Kier molecular flexibility index (Phi) is 4.96. The number of benzene rings is 1. The summed E-state index contributed by atoms with van der Waals surface area (Å²) in [5.41, 5.74) is 0.444. The second kappa shape index (κ2) is 7.87. The number of hydrogen-bond acceptors (Lipinski definition) is 6. The number of anilines is 1. The molecule has 0 bridgehead atoms. The van der Waals surface area contributed by atoms with Gasteiger partial charge in [-0.3, -0.25) is 14.3 Å². The maximum atomic E-state index is 12.2. The number of rotatable bonds is 5. The lowest BCUT2D eigenvalue weighted by molar-refractivity contribution is -0.136. The lowest BCUT2D eigenvalue weighted by atomic mass is 10.2. The Morgan fingerprint density at radius 3 is 2.71 bits per heavy atom. The fraction of sp³-hybridized carbons (Fsp3) is 0.211. The van der Waals surface area contributed by atoms with E-state index in [-0.39, 0.29) is 12.6 Å². The van der Waals surface area contributed by atoms with Crippen LogP contribution in [0.15, 0.2) is 59.5 Å². The molecule has 9 nitrogen and oxygen atoms in total. The summed E-state index contributed by atoms with van der Waals surface area (Å²) < 4.78 is 18.0. The molecular formula is C19H18N4O5. The Morgan fingerprint density at radius 2 is 1.96 bits per heavy atom. The molecule has 1 atom stereocenters. The van der Waals surface area contributed by atoms with Crippen LogP contribution in [0.4, 0.5) is 5.69 Å². The van der Waals surface area contributed by atoms with Crippen LogP contribution in [-0.4, -0.2) is 41.4 Å². The molecule has 3 aromatic rings. The minimum Gasteiger partial charge on any atom is -0.486 e. The summed E-state index contributed by atoms with van der Waals surface area (Å²) in [6, 6.07) is 9.90. The summed E-state index contributed by atoms with van der Waals surface area (Å²) in [6.45, 7) is 1.06. The molecule has 0 fully saturated rings. The van der Waals surface area contributed by atoms with Crippen LogP contribution in [0, 0.1) is 0 Å². The van der Waals surface area contributed by atoms with Crippen LogP contribution in [0.5, 0.6) is 11.5 Å². The summed E-state index contributed by atoms with van der Waals surface area (Å²) in [5.74, 6) is 0.209. The van der Waals surface area contributed by atoms with Gasteiger partial charge in [0, 0.05) is 30.7 Å². The SMILES string of the molecule is O=C(NCC(c1ccco1)n1cccn1)C(=O)Nc1ccc2c(c1)OCCO2. The lowest BCUT2D eigenvalue weighted by Crippen LogP contribution is -2.39. The first-order valence-electron chi connectivity index (χ1n) is 8.72. The molecule has 9 heteroatoms. The van der Waals surface area contributed by atoms with Crippen molar-refractivity contribution in [2.24, 2.45) is 0 Å². The first-order valence-corrected chi connectivity index (χ1v) is 8.72. The standard InChI is InChI=1S/C19H18N4O5/c24-18(19(25)22-13-4-5-16-17(11-13)28-10-9-27-16)20-12-14(15-3-1-8-26-15)23-7-2-6-21-23/h1-8,11,14H,9-10,12H2,(H,20,24)(H,22,25). The normalized spacial score (nSPS) is 13.6. The highest BCUT2D eigenvalue weighted by Crippen LogP contribution is 2.32. The first kappa shape index (κ1) is 17.7. The molecule has 3 heterocycles. The number of hydrogen-bond donors (Lipinski definition) is 2. The Hall–Kier alpha value is -3.75. The van der Waals surface area contributed by atoms with E-state index in [2.05, 4.69) is 15.7 Å². The van der Waals surface area contributed by atoms with Crippen molar-refractivity contribution in [1.29, 1.82) is 0 Å². The van der Waals surface area contributed by atoms with Gasteiger partial charge in [-0.1, -0.05) is 0 Å². The fourth-order valence-electron chi connectivity index (χ4n) is 2.85. The van der Waals surface area contributed by atoms with Gasteiger partial charge in [0.25, 0.3) is 0 Å². The molecule has 0 radical (unpaired) electrons. The van der Waals surface area contributed by atoms with E-state index in [1.807, 2.05) is 0 Å². The molecule has 28 heavy (non-hydrogen) atoms. The predicted molar refractivity (Wildman–Crippen MR) is 98.1 cm³/mol. The zero-order chi connectivity index (χ0) is 19.3. The number of carbonyl (C=O) groups is 2. The minimum atomic E-state index is -0.782. The molecule has 0 saturated heterocycles. The zero-order valence-corrected chi connectivity index (χ0v) is 14.8. The number of nitrogens with zero attached hydrogens (tertiary/aromatic N) is 2. The van der Waals surface area contributed by atoms with E-state index in [1.165, 1.54) is 0 Å². The van der Waals surface area contributed by atoms with Crippen LogP contribution in [-0.2, 0) is 9.59 Å². The third kappa shape index (κ3) is 3.83. The number of aromatic nitrogens is 2. The van der Waals surface area contributed by atoms with E-state index in [0.717, 1.165) is 0 Å². The third-order valence-electron chi connectivity index (χ3n) is 4.18. The van der Waals surface area contributed by atoms with Gasteiger partial charge in [-0.25, -0.2) is 0 Å². The van der Waals surface area contributed by atoms with E-state index in [4.69, 9.17) is 13.9 Å². The van der Waals surface area contributed by atoms with Gasteiger partial charge < -0.3 is 24.5 Å². The Morgan fingerprint density at radius 1 is 1.11 bits per heavy atom. The maximum Gasteiger partial charge on any atom is 0.313 e. The average molecular weight is 382 g/mol. The summed E-state index contributed by atoms with van der Waals surface area (Å²) in [5, 5.41) is 9.35. The van der Waals surface area contributed by atoms with Crippen molar-refractivity contribution in [3.05, 3.63) is 60.8 Å². The summed E-state index contributed by atoms with van der Waals surface area (Å²) in [4.78, 5) is 24.5. The largest absolute Gasteiger partial charge is 0.486 e. The highest BCUT2D eigenvalue weighted by atomic mass is 16.6. The molecule has 1 unspecified atom stereocenters. The molecule has 0 spiro atoms. The Balaban J connectivity index is 1.38. The Bertz CT molecular complexity index is 919. The number of amides is 2. The van der Waals surface area contributed by atoms with Crippen LogP contribution in [0.3, 0.4) is 0 Å². The highest BCUT2D eigenvalue weighted by Gasteiger charge is 2.21. The first-order chi connectivity index (χ1) is 13.7. The molecular weight excluding hydrogens is 364 g/mol. The van der Waals surface area contributed by atoms with E-state index >= 15 is 0 Å². The predicted octanol–water partition coefficient (Wildman–Crippen LogP) is 1.59. The molecule has 1 aliphatic rings. The van der Waals surface area contributed by atoms with E-state index in [1.54, 1.807) is 59.7 Å². The van der Waals surface area contributed by atoms with Crippen LogP contribution in [0.2, 0.25) is 0 Å². The number of fused-ring (bicyclic) bond motifs is 1. The summed E-state index contributed by atoms with van der Waals surface area (Å²) in [7, 11) is 0. The van der Waals surface area contributed by atoms with Gasteiger partial charge in [0.15, 0.2) is 11.5 Å². The van der Waals surface area contributed by atoms with E-state index < -0.39 is 11.8 Å². The van der Waals surface area contributed by atoms with Gasteiger partial charge in [-0.05, 0) is 30.3 Å². The van der Waals surface area contributed by atoms with Crippen LogP contribution in [0.25, 0.3) is 0 Å². The third-order valence-corrected chi connectivity index (χ3v) is 4.18. The van der Waals surface area contributed by atoms with Gasteiger partial charge in [-0.15, -0.1) is 0 Å². The van der Waals surface area contributed by atoms with E-state index in [9.17, 15) is 9.59 Å².